The van der Waals surface area contributed by atoms with Crippen molar-refractivity contribution in [3.8, 4) is 0 Å². The number of hydrogen-bond acceptors (Lipinski definition) is 7. The summed E-state index contributed by atoms with van der Waals surface area (Å²) < 4.78 is 10.8. The van der Waals surface area contributed by atoms with E-state index in [4.69, 9.17) is 9.47 Å². The number of anilines is 1. The first-order valence-corrected chi connectivity index (χ1v) is 6.66. The van der Waals surface area contributed by atoms with Gasteiger partial charge in [-0.15, -0.1) is 11.3 Å². The molecule has 1 fully saturated rings. The summed E-state index contributed by atoms with van der Waals surface area (Å²) in [6.07, 6.45) is 1.68. The number of methoxy groups -OCH3 is 1. The highest BCUT2D eigenvalue weighted by atomic mass is 32.1. The second-order valence-corrected chi connectivity index (χ2v) is 4.93. The van der Waals surface area contributed by atoms with Crippen LogP contribution in [0.15, 0.2) is 11.8 Å². The smallest absolute Gasteiger partial charge is 0.159 e. The van der Waals surface area contributed by atoms with Crippen LogP contribution in [0.4, 0.5) is 5.82 Å². The zero-order valence-electron chi connectivity index (χ0n) is 10.1. The Morgan fingerprint density at radius 1 is 1.50 bits per heavy atom. The van der Waals surface area contributed by atoms with Crippen LogP contribution in [0.1, 0.15) is 0 Å². The highest BCUT2D eigenvalue weighted by Gasteiger charge is 2.23. The molecular formula is C11H14N4O2S. The maximum absolute atomic E-state index is 5.64. The van der Waals surface area contributed by atoms with Crippen LogP contribution in [0.3, 0.4) is 0 Å². The Morgan fingerprint density at radius 2 is 2.44 bits per heavy atom. The summed E-state index contributed by atoms with van der Waals surface area (Å²) in [6, 6.07) is 0. The number of morpholine rings is 1. The lowest BCUT2D eigenvalue weighted by atomic mass is 10.3. The van der Waals surface area contributed by atoms with Crippen LogP contribution in [-0.2, 0) is 9.47 Å². The van der Waals surface area contributed by atoms with Crippen molar-refractivity contribution in [2.24, 2.45) is 0 Å². The fourth-order valence-electron chi connectivity index (χ4n) is 2.11. The normalized spacial score (nSPS) is 20.5. The number of fused-ring (bicyclic) bond motifs is 1. The maximum atomic E-state index is 5.64. The molecule has 0 saturated carbocycles. The van der Waals surface area contributed by atoms with E-state index in [0.717, 1.165) is 29.3 Å². The number of hydrogen-bond donors (Lipinski definition) is 0. The molecule has 1 saturated heterocycles. The first-order valence-electron chi connectivity index (χ1n) is 5.78. The van der Waals surface area contributed by atoms with Gasteiger partial charge in [-0.25, -0.2) is 15.0 Å². The Balaban J connectivity index is 1.87. The molecule has 0 aliphatic carbocycles. The third-order valence-electron chi connectivity index (χ3n) is 2.91. The molecule has 0 radical (unpaired) electrons. The summed E-state index contributed by atoms with van der Waals surface area (Å²) in [7, 11) is 1.69. The fourth-order valence-corrected chi connectivity index (χ4v) is 2.73. The third-order valence-corrected chi connectivity index (χ3v) is 3.64. The molecule has 1 atom stereocenters. The molecule has 1 aliphatic rings. The minimum absolute atomic E-state index is 0.0902. The summed E-state index contributed by atoms with van der Waals surface area (Å²) in [6.45, 7) is 2.88. The average Bonchev–Trinajstić information content (AvgIpc) is 2.87. The van der Waals surface area contributed by atoms with Crippen LogP contribution in [-0.4, -0.2) is 54.5 Å². The van der Waals surface area contributed by atoms with E-state index in [2.05, 4.69) is 19.9 Å². The molecule has 96 valence electrons. The summed E-state index contributed by atoms with van der Waals surface area (Å²) >= 11 is 1.53. The Morgan fingerprint density at radius 3 is 3.33 bits per heavy atom. The van der Waals surface area contributed by atoms with Crippen LogP contribution >= 0.6 is 11.3 Å². The van der Waals surface area contributed by atoms with Crippen LogP contribution in [0.5, 0.6) is 0 Å². The number of ether oxygens (including phenoxy) is 2. The van der Waals surface area contributed by atoms with E-state index in [1.165, 1.54) is 11.3 Å². The number of thiazole rings is 1. The molecule has 3 rings (SSSR count). The highest BCUT2D eigenvalue weighted by molar-refractivity contribution is 7.16. The van der Waals surface area contributed by atoms with Gasteiger partial charge in [0.1, 0.15) is 16.7 Å². The van der Waals surface area contributed by atoms with Crippen molar-refractivity contribution >= 4 is 27.5 Å². The van der Waals surface area contributed by atoms with Crippen LogP contribution in [0.2, 0.25) is 0 Å². The molecular weight excluding hydrogens is 252 g/mol. The second kappa shape index (κ2) is 5.13. The highest BCUT2D eigenvalue weighted by Crippen LogP contribution is 2.25. The lowest BCUT2D eigenvalue weighted by Gasteiger charge is -2.33. The molecule has 0 N–H and O–H groups in total. The summed E-state index contributed by atoms with van der Waals surface area (Å²) in [4.78, 5) is 16.0. The summed E-state index contributed by atoms with van der Waals surface area (Å²) in [5.74, 6) is 0.894. The van der Waals surface area contributed by atoms with Crippen molar-refractivity contribution in [2.45, 2.75) is 6.10 Å². The summed E-state index contributed by atoms with van der Waals surface area (Å²) in [5.41, 5.74) is 2.68. The minimum atomic E-state index is 0.0902. The standard InChI is InChI=1S/C11H14N4O2S/c1-16-5-8-4-15(2-3-17-8)10-9-11(13-6-12-10)18-7-14-9/h6-8H,2-5H2,1H3/t8-/m0/s1. The van der Waals surface area contributed by atoms with Gasteiger partial charge in [0, 0.05) is 20.2 Å². The molecule has 0 bridgehead atoms. The van der Waals surface area contributed by atoms with Gasteiger partial charge in [-0.2, -0.15) is 0 Å². The van der Waals surface area contributed by atoms with Crippen LogP contribution < -0.4 is 4.90 Å². The summed E-state index contributed by atoms with van der Waals surface area (Å²) in [5, 5.41) is 0. The Kier molecular flexibility index (Phi) is 3.35. The molecule has 0 unspecified atom stereocenters. The van der Waals surface area contributed by atoms with Gasteiger partial charge in [-0.05, 0) is 0 Å². The maximum Gasteiger partial charge on any atom is 0.159 e. The number of rotatable bonds is 3. The van der Waals surface area contributed by atoms with Crippen molar-refractivity contribution in [3.63, 3.8) is 0 Å². The van der Waals surface area contributed by atoms with Gasteiger partial charge >= 0.3 is 0 Å². The first-order chi connectivity index (χ1) is 8.88. The van der Waals surface area contributed by atoms with E-state index in [1.54, 1.807) is 18.9 Å². The second-order valence-electron chi connectivity index (χ2n) is 4.10. The first kappa shape index (κ1) is 11.8. The van der Waals surface area contributed by atoms with Crippen molar-refractivity contribution in [1.82, 2.24) is 15.0 Å². The third kappa shape index (κ3) is 2.16. The van der Waals surface area contributed by atoms with Gasteiger partial charge in [0.15, 0.2) is 5.82 Å². The van der Waals surface area contributed by atoms with Gasteiger partial charge in [0.25, 0.3) is 0 Å². The SMILES string of the molecule is COC[C@@H]1CN(c2ncnc3scnc23)CCO1. The molecule has 1 aliphatic heterocycles. The lowest BCUT2D eigenvalue weighted by Crippen LogP contribution is -2.44. The predicted octanol–water partition coefficient (Wildman–Crippen LogP) is 0.938. The minimum Gasteiger partial charge on any atom is -0.382 e. The molecule has 2 aromatic rings. The zero-order valence-corrected chi connectivity index (χ0v) is 10.9. The fraction of sp³-hybridized carbons (Fsp3) is 0.545. The average molecular weight is 266 g/mol. The van der Waals surface area contributed by atoms with Crippen molar-refractivity contribution in [2.75, 3.05) is 38.3 Å². The molecule has 3 heterocycles. The monoisotopic (exact) mass is 266 g/mol. The van der Waals surface area contributed by atoms with Crippen LogP contribution in [0, 0.1) is 0 Å². The predicted molar refractivity (Wildman–Crippen MR) is 69.0 cm³/mol. The zero-order chi connectivity index (χ0) is 12.4. The lowest BCUT2D eigenvalue weighted by molar-refractivity contribution is -0.0101. The topological polar surface area (TPSA) is 60.4 Å². The molecule has 0 aromatic carbocycles. The van der Waals surface area contributed by atoms with Gasteiger partial charge in [0.2, 0.25) is 0 Å². The Hall–Kier alpha value is -1.31. The van der Waals surface area contributed by atoms with Gasteiger partial charge < -0.3 is 14.4 Å². The van der Waals surface area contributed by atoms with Crippen LogP contribution in [0.25, 0.3) is 10.3 Å². The Bertz CT molecular complexity index is 530. The van der Waals surface area contributed by atoms with E-state index in [0.29, 0.717) is 13.2 Å². The number of aromatic nitrogens is 3. The van der Waals surface area contributed by atoms with E-state index in [-0.39, 0.29) is 6.10 Å². The molecule has 18 heavy (non-hydrogen) atoms. The van der Waals surface area contributed by atoms with Crippen molar-refractivity contribution in [3.05, 3.63) is 11.8 Å². The van der Waals surface area contributed by atoms with Gasteiger partial charge in [0.05, 0.1) is 24.8 Å². The molecule has 6 nitrogen and oxygen atoms in total. The van der Waals surface area contributed by atoms with E-state index >= 15 is 0 Å². The molecule has 0 spiro atoms. The van der Waals surface area contributed by atoms with E-state index in [9.17, 15) is 0 Å². The van der Waals surface area contributed by atoms with Crippen molar-refractivity contribution < 1.29 is 9.47 Å². The largest absolute Gasteiger partial charge is 0.382 e. The van der Waals surface area contributed by atoms with E-state index in [1.807, 2.05) is 0 Å². The van der Waals surface area contributed by atoms with Gasteiger partial charge in [-0.1, -0.05) is 0 Å². The van der Waals surface area contributed by atoms with Gasteiger partial charge in [-0.3, -0.25) is 0 Å². The van der Waals surface area contributed by atoms with Crippen molar-refractivity contribution in [1.29, 1.82) is 0 Å². The number of nitrogens with zero attached hydrogens (tertiary/aromatic N) is 4. The molecule has 7 heteroatoms. The quantitative estimate of drug-likeness (QED) is 0.824. The molecule has 2 aromatic heterocycles. The Labute approximate surface area is 109 Å². The van der Waals surface area contributed by atoms with E-state index < -0.39 is 0 Å². The molecule has 0 amide bonds.